The Balaban J connectivity index is 2.05. The molecule has 184 valence electrons. The molecule has 4 rings (SSSR count). The molecule has 1 aliphatic rings. The lowest BCUT2D eigenvalue weighted by atomic mass is 9.98. The van der Waals surface area contributed by atoms with Gasteiger partial charge in [0, 0.05) is 16.1 Å². The number of carboxylic acids is 1. The minimum atomic E-state index is -3.55. The lowest BCUT2D eigenvalue weighted by molar-refractivity contribution is -0.141. The average molecular weight is 506 g/mol. The molecule has 2 heterocycles. The summed E-state index contributed by atoms with van der Waals surface area (Å²) in [7, 11) is 2.92. The number of ether oxygens (including phenoxy) is 3. The smallest absolute Gasteiger partial charge is 0.327 e. The van der Waals surface area contributed by atoms with E-state index in [0.29, 0.717) is 27.6 Å². The number of aliphatic carboxylic acids is 1. The van der Waals surface area contributed by atoms with Crippen molar-refractivity contribution in [2.75, 3.05) is 14.2 Å². The van der Waals surface area contributed by atoms with Crippen LogP contribution in [-0.4, -0.2) is 40.1 Å². The first-order valence-electron chi connectivity index (χ1n) is 10.5. The maximum Gasteiger partial charge on any atom is 0.327 e. The first-order chi connectivity index (χ1) is 16.6. The van der Waals surface area contributed by atoms with Gasteiger partial charge in [0.05, 0.1) is 26.3 Å². The van der Waals surface area contributed by atoms with Crippen LogP contribution in [0.4, 0.5) is 8.78 Å². The van der Waals surface area contributed by atoms with Crippen LogP contribution in [0.1, 0.15) is 48.3 Å². The molecule has 0 amide bonds. The number of carboxylic acid groups (broad SMARTS) is 1. The van der Waals surface area contributed by atoms with Gasteiger partial charge in [-0.1, -0.05) is 30.3 Å². The second-order valence-electron chi connectivity index (χ2n) is 7.96. The van der Waals surface area contributed by atoms with E-state index < -0.39 is 41.9 Å². The van der Waals surface area contributed by atoms with Gasteiger partial charge in [-0.3, -0.25) is 9.36 Å². The van der Waals surface area contributed by atoms with Gasteiger partial charge in [-0.15, -0.1) is 10.2 Å². The van der Waals surface area contributed by atoms with Crippen molar-refractivity contribution in [2.24, 2.45) is 0 Å². The van der Waals surface area contributed by atoms with E-state index in [1.165, 1.54) is 33.3 Å². The van der Waals surface area contributed by atoms with Gasteiger partial charge in [-0.2, -0.15) is 8.78 Å². The van der Waals surface area contributed by atoms with Crippen molar-refractivity contribution < 1.29 is 32.9 Å². The zero-order valence-electron chi connectivity index (χ0n) is 19.1. The Morgan fingerprint density at radius 3 is 2.60 bits per heavy atom. The molecule has 1 N–H and O–H groups in total. The number of halogens is 3. The average Bonchev–Trinajstić information content (AvgIpc) is 3.21. The molecule has 35 heavy (non-hydrogen) atoms. The summed E-state index contributed by atoms with van der Waals surface area (Å²) in [4.78, 5) is 11.7. The quantitative estimate of drug-likeness (QED) is 0.438. The van der Waals surface area contributed by atoms with Crippen LogP contribution < -0.4 is 9.47 Å². The van der Waals surface area contributed by atoms with Crippen LogP contribution in [0.2, 0.25) is 5.02 Å². The second kappa shape index (κ2) is 9.27. The number of aromatic nitrogens is 3. The van der Waals surface area contributed by atoms with Crippen LogP contribution in [0.5, 0.6) is 11.5 Å². The van der Waals surface area contributed by atoms with E-state index in [9.17, 15) is 9.90 Å². The number of hydrogen-bond donors (Lipinski definition) is 1. The topological polar surface area (TPSA) is 95.7 Å². The van der Waals surface area contributed by atoms with E-state index in [-0.39, 0.29) is 11.5 Å². The van der Waals surface area contributed by atoms with Crippen molar-refractivity contribution in [3.8, 4) is 17.2 Å². The van der Waals surface area contributed by atoms with Gasteiger partial charge < -0.3 is 19.3 Å². The van der Waals surface area contributed by atoms with Gasteiger partial charge in [0.25, 0.3) is 0 Å². The molecule has 2 aromatic carbocycles. The Labute approximate surface area is 204 Å². The molecule has 1 aromatic heterocycles. The third-order valence-electron chi connectivity index (χ3n) is 5.68. The number of nitrogens with zero attached hydrogens (tertiary/aromatic N) is 3. The van der Waals surface area contributed by atoms with Crippen LogP contribution in [0.15, 0.2) is 48.6 Å². The molecule has 0 aliphatic carbocycles. The highest BCUT2D eigenvalue weighted by atomic mass is 35.5. The predicted octanol–water partition coefficient (Wildman–Crippen LogP) is 5.24. The molecular formula is C24H22ClF2N3O5. The van der Waals surface area contributed by atoms with Crippen LogP contribution >= 0.6 is 11.6 Å². The van der Waals surface area contributed by atoms with E-state index in [4.69, 9.17) is 25.8 Å². The van der Waals surface area contributed by atoms with Gasteiger partial charge in [0.1, 0.15) is 12.2 Å². The molecular weight excluding hydrogens is 484 g/mol. The van der Waals surface area contributed by atoms with Crippen molar-refractivity contribution in [2.45, 2.75) is 31.5 Å². The minimum absolute atomic E-state index is 0.0868. The number of benzene rings is 2. The van der Waals surface area contributed by atoms with Gasteiger partial charge in [0.15, 0.2) is 17.3 Å². The lowest BCUT2D eigenvalue weighted by Crippen LogP contribution is -2.22. The summed E-state index contributed by atoms with van der Waals surface area (Å²) in [6.45, 7) is 4.57. The summed E-state index contributed by atoms with van der Waals surface area (Å²) < 4.78 is 48.8. The number of alkyl halides is 2. The van der Waals surface area contributed by atoms with Gasteiger partial charge >= 0.3 is 11.9 Å². The van der Waals surface area contributed by atoms with Crippen molar-refractivity contribution in [3.63, 3.8) is 0 Å². The largest absolute Gasteiger partial charge is 0.493 e. The number of fused-ring (bicyclic) bond motifs is 3. The lowest BCUT2D eigenvalue weighted by Gasteiger charge is -2.24. The fourth-order valence-electron chi connectivity index (χ4n) is 4.03. The summed E-state index contributed by atoms with van der Waals surface area (Å²) in [6, 6.07) is 9.74. The van der Waals surface area contributed by atoms with Crippen LogP contribution in [-0.2, 0) is 15.5 Å². The standard InChI is InChI=1S/C24H22ClF2N3O5/c1-12(2)24(26,27)23-29-28-22-18(11-19(31)32)35-20(14-6-5-7-17(33-3)21(14)34-4)15-10-13(25)8-9-16(15)30(22)23/h5-10,18,20H,1,11H2,2-4H3,(H,31,32)/t18-,20?/m0/s1. The summed E-state index contributed by atoms with van der Waals surface area (Å²) in [5, 5.41) is 17.6. The van der Waals surface area contributed by atoms with Crippen molar-refractivity contribution >= 4 is 17.6 Å². The molecule has 0 saturated heterocycles. The summed E-state index contributed by atoms with van der Waals surface area (Å²) in [5.74, 6) is -4.81. The summed E-state index contributed by atoms with van der Waals surface area (Å²) in [6.07, 6.45) is -2.76. The van der Waals surface area contributed by atoms with Crippen LogP contribution in [0.3, 0.4) is 0 Å². The maximum absolute atomic E-state index is 15.2. The zero-order valence-corrected chi connectivity index (χ0v) is 19.8. The second-order valence-corrected chi connectivity index (χ2v) is 8.40. The van der Waals surface area contributed by atoms with E-state index in [2.05, 4.69) is 16.8 Å². The highest BCUT2D eigenvalue weighted by Crippen LogP contribution is 2.47. The monoisotopic (exact) mass is 505 g/mol. The van der Waals surface area contributed by atoms with Crippen LogP contribution in [0.25, 0.3) is 5.69 Å². The fourth-order valence-corrected chi connectivity index (χ4v) is 4.21. The molecule has 0 spiro atoms. The Hall–Kier alpha value is -3.50. The molecule has 1 aliphatic heterocycles. The molecule has 2 atom stereocenters. The zero-order chi connectivity index (χ0) is 25.5. The molecule has 3 aromatic rings. The predicted molar refractivity (Wildman–Crippen MR) is 123 cm³/mol. The number of allylic oxidation sites excluding steroid dienone is 1. The molecule has 8 nitrogen and oxygen atoms in total. The number of methoxy groups -OCH3 is 2. The minimum Gasteiger partial charge on any atom is -0.493 e. The number of carbonyl (C=O) groups is 1. The SMILES string of the molecule is C=C(C)C(F)(F)c1nnc2n1-c1ccc(Cl)cc1C(c1cccc(OC)c1OC)O[C@H]2CC(=O)O. The van der Waals surface area contributed by atoms with Crippen molar-refractivity contribution in [1.29, 1.82) is 0 Å². The highest BCUT2D eigenvalue weighted by molar-refractivity contribution is 6.30. The van der Waals surface area contributed by atoms with E-state index >= 15 is 8.78 Å². The molecule has 0 radical (unpaired) electrons. The van der Waals surface area contributed by atoms with E-state index in [1.807, 2.05) is 0 Å². The van der Waals surface area contributed by atoms with E-state index in [0.717, 1.165) is 4.57 Å². The molecule has 0 saturated carbocycles. The summed E-state index contributed by atoms with van der Waals surface area (Å²) in [5.41, 5.74) is 0.678. The summed E-state index contributed by atoms with van der Waals surface area (Å²) >= 11 is 6.31. The Bertz CT molecular complexity index is 1310. The Morgan fingerprint density at radius 1 is 1.23 bits per heavy atom. The van der Waals surface area contributed by atoms with Crippen molar-refractivity contribution in [3.05, 3.63) is 76.3 Å². The third kappa shape index (κ3) is 4.23. The third-order valence-corrected chi connectivity index (χ3v) is 5.92. The Morgan fingerprint density at radius 2 is 1.97 bits per heavy atom. The number of rotatable bonds is 7. The molecule has 0 fully saturated rings. The van der Waals surface area contributed by atoms with Gasteiger partial charge in [-0.25, -0.2) is 0 Å². The first kappa shape index (κ1) is 24.6. The van der Waals surface area contributed by atoms with Gasteiger partial charge in [-0.05, 0) is 36.8 Å². The molecule has 11 heteroatoms. The van der Waals surface area contributed by atoms with Gasteiger partial charge in [0.2, 0.25) is 5.82 Å². The van der Waals surface area contributed by atoms with Crippen LogP contribution in [0, 0.1) is 0 Å². The number of hydrogen-bond acceptors (Lipinski definition) is 6. The first-order valence-corrected chi connectivity index (χ1v) is 10.9. The van der Waals surface area contributed by atoms with Crippen molar-refractivity contribution in [1.82, 2.24) is 14.8 Å². The molecule has 0 bridgehead atoms. The molecule has 1 unspecified atom stereocenters. The van der Waals surface area contributed by atoms with E-state index in [1.54, 1.807) is 24.3 Å². The highest BCUT2D eigenvalue weighted by Gasteiger charge is 2.44. The Kier molecular flexibility index (Phi) is 6.52. The number of para-hydroxylation sites is 1. The maximum atomic E-state index is 15.2. The normalized spacial score (nSPS) is 17.2. The fraction of sp³-hybridized carbons (Fsp3) is 0.292.